The molecular weight excluding hydrogens is 396 g/mol. The van der Waals surface area contributed by atoms with Gasteiger partial charge in [-0.3, -0.25) is 14.3 Å². The Kier molecular flexibility index (Phi) is 5.38. The zero-order chi connectivity index (χ0) is 21.9. The monoisotopic (exact) mass is 420 g/mol. The average molecular weight is 421 g/mol. The SMILES string of the molecule is Cn1c(N2CCC=C(c3ccc(-c4ccccc4)cc3)C2)nc(-c2ccncc2)cc1=O. The summed E-state index contributed by atoms with van der Waals surface area (Å²) in [5.74, 6) is 0.691. The van der Waals surface area contributed by atoms with Crippen molar-refractivity contribution < 1.29 is 0 Å². The Morgan fingerprint density at radius 3 is 2.25 bits per heavy atom. The molecule has 0 aliphatic carbocycles. The van der Waals surface area contributed by atoms with E-state index in [2.05, 4.69) is 64.5 Å². The molecule has 0 radical (unpaired) electrons. The predicted molar refractivity (Wildman–Crippen MR) is 129 cm³/mol. The summed E-state index contributed by atoms with van der Waals surface area (Å²) in [7, 11) is 1.79. The van der Waals surface area contributed by atoms with E-state index in [9.17, 15) is 4.79 Å². The van der Waals surface area contributed by atoms with E-state index in [0.717, 1.165) is 18.5 Å². The molecule has 158 valence electrons. The van der Waals surface area contributed by atoms with Gasteiger partial charge in [-0.25, -0.2) is 4.98 Å². The van der Waals surface area contributed by atoms with E-state index in [1.54, 1.807) is 30.1 Å². The van der Waals surface area contributed by atoms with Gasteiger partial charge in [0.05, 0.1) is 5.69 Å². The highest BCUT2D eigenvalue weighted by molar-refractivity contribution is 5.74. The van der Waals surface area contributed by atoms with Gasteiger partial charge in [-0.05, 0) is 40.8 Å². The zero-order valence-corrected chi connectivity index (χ0v) is 18.0. The number of rotatable bonds is 4. The Labute approximate surface area is 187 Å². The molecule has 0 saturated heterocycles. The van der Waals surface area contributed by atoms with Gasteiger partial charge in [0, 0.05) is 44.2 Å². The van der Waals surface area contributed by atoms with Crippen LogP contribution in [0, 0.1) is 0 Å². The average Bonchev–Trinajstić information content (AvgIpc) is 2.87. The maximum Gasteiger partial charge on any atom is 0.255 e. The first-order valence-electron chi connectivity index (χ1n) is 10.8. The van der Waals surface area contributed by atoms with E-state index in [1.807, 2.05) is 18.2 Å². The highest BCUT2D eigenvalue weighted by Gasteiger charge is 2.19. The van der Waals surface area contributed by atoms with Crippen LogP contribution in [0.4, 0.5) is 5.95 Å². The van der Waals surface area contributed by atoms with Crippen LogP contribution in [0.1, 0.15) is 12.0 Å². The molecule has 2 aromatic heterocycles. The van der Waals surface area contributed by atoms with E-state index >= 15 is 0 Å². The van der Waals surface area contributed by atoms with E-state index in [0.29, 0.717) is 18.2 Å². The third kappa shape index (κ3) is 3.97. The second-order valence-corrected chi connectivity index (χ2v) is 7.96. The van der Waals surface area contributed by atoms with E-state index in [1.165, 1.54) is 22.3 Å². The minimum Gasteiger partial charge on any atom is -0.338 e. The van der Waals surface area contributed by atoms with Gasteiger partial charge in [-0.15, -0.1) is 0 Å². The summed E-state index contributed by atoms with van der Waals surface area (Å²) >= 11 is 0. The number of nitrogens with zero attached hydrogens (tertiary/aromatic N) is 4. The molecule has 0 bridgehead atoms. The molecule has 0 spiro atoms. The summed E-state index contributed by atoms with van der Waals surface area (Å²) < 4.78 is 1.63. The Morgan fingerprint density at radius 2 is 1.50 bits per heavy atom. The van der Waals surface area contributed by atoms with Gasteiger partial charge in [0.25, 0.3) is 5.56 Å². The topological polar surface area (TPSA) is 51.0 Å². The Bertz CT molecular complexity index is 1310. The lowest BCUT2D eigenvalue weighted by Gasteiger charge is -2.30. The number of aromatic nitrogens is 3. The van der Waals surface area contributed by atoms with Crippen molar-refractivity contribution in [3.63, 3.8) is 0 Å². The van der Waals surface area contributed by atoms with Crippen molar-refractivity contribution in [2.45, 2.75) is 6.42 Å². The summed E-state index contributed by atoms with van der Waals surface area (Å²) in [5.41, 5.74) is 6.37. The largest absolute Gasteiger partial charge is 0.338 e. The van der Waals surface area contributed by atoms with Crippen molar-refractivity contribution in [3.8, 4) is 22.4 Å². The van der Waals surface area contributed by atoms with Gasteiger partial charge in [0.1, 0.15) is 0 Å². The molecule has 0 amide bonds. The van der Waals surface area contributed by atoms with Gasteiger partial charge in [-0.2, -0.15) is 0 Å². The number of pyridine rings is 1. The van der Waals surface area contributed by atoms with Crippen LogP contribution in [-0.4, -0.2) is 27.6 Å². The Hall–Kier alpha value is -3.99. The van der Waals surface area contributed by atoms with Crippen molar-refractivity contribution in [2.24, 2.45) is 7.05 Å². The van der Waals surface area contributed by atoms with Gasteiger partial charge in [0.2, 0.25) is 5.95 Å². The van der Waals surface area contributed by atoms with E-state index in [-0.39, 0.29) is 5.56 Å². The van der Waals surface area contributed by atoms with Crippen LogP contribution in [0.15, 0.2) is 96.1 Å². The lowest BCUT2D eigenvalue weighted by molar-refractivity contribution is 0.727. The van der Waals surface area contributed by atoms with Crippen molar-refractivity contribution in [1.82, 2.24) is 14.5 Å². The Morgan fingerprint density at radius 1 is 0.812 bits per heavy atom. The van der Waals surface area contributed by atoms with Crippen molar-refractivity contribution in [1.29, 1.82) is 0 Å². The van der Waals surface area contributed by atoms with Gasteiger partial charge in [-0.1, -0.05) is 60.7 Å². The fourth-order valence-electron chi connectivity index (χ4n) is 4.11. The van der Waals surface area contributed by atoms with E-state index in [4.69, 9.17) is 4.98 Å². The maximum atomic E-state index is 12.7. The van der Waals surface area contributed by atoms with Crippen LogP contribution in [0.3, 0.4) is 0 Å². The summed E-state index contributed by atoms with van der Waals surface area (Å²) in [4.78, 5) is 23.8. The molecule has 3 heterocycles. The third-order valence-electron chi connectivity index (χ3n) is 5.88. The fourth-order valence-corrected chi connectivity index (χ4v) is 4.11. The molecule has 5 rings (SSSR count). The number of benzene rings is 2. The number of hydrogen-bond acceptors (Lipinski definition) is 4. The normalized spacial score (nSPS) is 13.7. The lowest BCUT2D eigenvalue weighted by Crippen LogP contribution is -2.35. The summed E-state index contributed by atoms with van der Waals surface area (Å²) in [6, 6.07) is 24.4. The molecule has 5 nitrogen and oxygen atoms in total. The second kappa shape index (κ2) is 8.63. The second-order valence-electron chi connectivity index (χ2n) is 7.96. The first kappa shape index (κ1) is 19.9. The van der Waals surface area contributed by atoms with E-state index < -0.39 is 0 Å². The van der Waals surface area contributed by atoms with Crippen LogP contribution in [-0.2, 0) is 7.05 Å². The molecule has 2 aromatic carbocycles. The molecule has 4 aromatic rings. The number of anilines is 1. The molecule has 1 aliphatic rings. The quantitative estimate of drug-likeness (QED) is 0.476. The third-order valence-corrected chi connectivity index (χ3v) is 5.88. The first-order chi connectivity index (χ1) is 15.7. The fraction of sp³-hybridized carbons (Fsp3) is 0.148. The smallest absolute Gasteiger partial charge is 0.255 e. The van der Waals surface area contributed by atoms with Crippen molar-refractivity contribution >= 4 is 11.5 Å². The summed E-state index contributed by atoms with van der Waals surface area (Å²) in [6.07, 6.45) is 6.63. The minimum atomic E-state index is -0.0647. The summed E-state index contributed by atoms with van der Waals surface area (Å²) in [5, 5.41) is 0. The van der Waals surface area contributed by atoms with Crippen molar-refractivity contribution in [3.05, 3.63) is 107 Å². The summed E-state index contributed by atoms with van der Waals surface area (Å²) in [6.45, 7) is 1.54. The highest BCUT2D eigenvalue weighted by atomic mass is 16.1. The molecule has 1 aliphatic heterocycles. The molecule has 0 saturated carbocycles. The predicted octanol–water partition coefficient (Wildman–Crippen LogP) is 4.80. The van der Waals surface area contributed by atoms with Crippen LogP contribution in [0.25, 0.3) is 28.0 Å². The number of hydrogen-bond donors (Lipinski definition) is 0. The standard InChI is InChI=1S/C27H24N4O/c1-30-26(32)18-25(23-13-15-28-16-14-23)29-27(30)31-17-5-8-24(19-31)22-11-9-21(10-12-22)20-6-3-2-4-7-20/h2-4,6-16,18H,5,17,19H2,1H3. The molecule has 0 N–H and O–H groups in total. The maximum absolute atomic E-state index is 12.7. The molecule has 32 heavy (non-hydrogen) atoms. The van der Waals surface area contributed by atoms with Gasteiger partial charge >= 0.3 is 0 Å². The van der Waals surface area contributed by atoms with Crippen LogP contribution >= 0.6 is 0 Å². The molecule has 0 atom stereocenters. The highest BCUT2D eigenvalue weighted by Crippen LogP contribution is 2.27. The van der Waals surface area contributed by atoms with Crippen LogP contribution < -0.4 is 10.5 Å². The van der Waals surface area contributed by atoms with Gasteiger partial charge < -0.3 is 4.90 Å². The minimum absolute atomic E-state index is 0.0647. The van der Waals surface area contributed by atoms with Crippen LogP contribution in [0.5, 0.6) is 0 Å². The lowest BCUT2D eigenvalue weighted by atomic mass is 9.98. The van der Waals surface area contributed by atoms with Crippen molar-refractivity contribution in [2.75, 3.05) is 18.0 Å². The van der Waals surface area contributed by atoms with Crippen LogP contribution in [0.2, 0.25) is 0 Å². The molecule has 5 heteroatoms. The molecule has 0 fully saturated rings. The first-order valence-corrected chi connectivity index (χ1v) is 10.8. The zero-order valence-electron chi connectivity index (χ0n) is 18.0. The van der Waals surface area contributed by atoms with Gasteiger partial charge in [0.15, 0.2) is 0 Å². The Balaban J connectivity index is 1.42. The molecule has 0 unspecified atom stereocenters. The molecular formula is C27H24N4O.